The summed E-state index contributed by atoms with van der Waals surface area (Å²) in [6.07, 6.45) is 3.22. The molecule has 7 heteroatoms. The van der Waals surface area contributed by atoms with Gasteiger partial charge in [-0.15, -0.1) is 0 Å². The van der Waals surface area contributed by atoms with Crippen molar-refractivity contribution < 1.29 is 9.84 Å². The lowest BCUT2D eigenvalue weighted by Crippen LogP contribution is -2.42. The van der Waals surface area contributed by atoms with Crippen LogP contribution in [0.5, 0.6) is 0 Å². The molecule has 0 spiro atoms. The van der Waals surface area contributed by atoms with Gasteiger partial charge in [0.25, 0.3) is 0 Å². The van der Waals surface area contributed by atoms with Gasteiger partial charge in [-0.2, -0.15) is 0 Å². The Bertz CT molecular complexity index is 429. The van der Waals surface area contributed by atoms with Crippen molar-refractivity contribution in [2.45, 2.75) is 38.8 Å². The number of hydrogen-bond donors (Lipinski definition) is 3. The zero-order valence-electron chi connectivity index (χ0n) is 11.9. The first-order valence-corrected chi connectivity index (χ1v) is 7.08. The number of nitrogens with zero attached hydrogens (tertiary/aromatic N) is 3. The number of hydrazine groups is 1. The van der Waals surface area contributed by atoms with E-state index >= 15 is 0 Å². The van der Waals surface area contributed by atoms with E-state index in [1.54, 1.807) is 0 Å². The van der Waals surface area contributed by atoms with Crippen molar-refractivity contribution in [1.29, 1.82) is 0 Å². The maximum atomic E-state index is 9.51. The molecule has 112 valence electrons. The molecule has 1 unspecified atom stereocenters. The molecule has 2 rings (SSSR count). The summed E-state index contributed by atoms with van der Waals surface area (Å²) in [5.41, 5.74) is 2.56. The summed E-state index contributed by atoms with van der Waals surface area (Å²) in [6.45, 7) is 3.92. The second-order valence-corrected chi connectivity index (χ2v) is 4.83. The third kappa shape index (κ3) is 3.56. The Morgan fingerprint density at radius 1 is 1.50 bits per heavy atom. The molecule has 1 aliphatic rings. The Morgan fingerprint density at radius 2 is 2.35 bits per heavy atom. The topological polar surface area (TPSA) is 96.5 Å². The largest absolute Gasteiger partial charge is 0.394 e. The number of aliphatic hydroxyl groups is 1. The van der Waals surface area contributed by atoms with Gasteiger partial charge in [-0.3, -0.25) is 0 Å². The molecule has 1 aromatic heterocycles. The molecule has 1 atom stereocenters. The molecule has 0 radical (unpaired) electrons. The normalized spacial score (nSPS) is 19.1. The minimum absolute atomic E-state index is 0.115. The van der Waals surface area contributed by atoms with Crippen LogP contribution in [0.1, 0.15) is 32.0 Å². The number of anilines is 2. The highest BCUT2D eigenvalue weighted by molar-refractivity contribution is 5.50. The van der Waals surface area contributed by atoms with Gasteiger partial charge in [-0.1, -0.05) is 0 Å². The molecule has 1 saturated heterocycles. The average molecular weight is 281 g/mol. The van der Waals surface area contributed by atoms with Crippen LogP contribution < -0.4 is 16.2 Å². The number of nitrogen functional groups attached to an aromatic ring is 1. The lowest BCUT2D eigenvalue weighted by atomic mass is 10.0. The van der Waals surface area contributed by atoms with Crippen molar-refractivity contribution in [2.24, 2.45) is 5.84 Å². The maximum absolute atomic E-state index is 9.51. The summed E-state index contributed by atoms with van der Waals surface area (Å²) in [7, 11) is 0. The van der Waals surface area contributed by atoms with Gasteiger partial charge in [0, 0.05) is 19.2 Å². The first-order chi connectivity index (χ1) is 9.78. The van der Waals surface area contributed by atoms with Gasteiger partial charge in [-0.05, 0) is 26.2 Å². The van der Waals surface area contributed by atoms with Crippen LogP contribution in [0.3, 0.4) is 0 Å². The lowest BCUT2D eigenvalue weighted by molar-refractivity contribution is 0.128. The van der Waals surface area contributed by atoms with Crippen molar-refractivity contribution in [3.05, 3.63) is 11.9 Å². The quantitative estimate of drug-likeness (QED) is 0.520. The van der Waals surface area contributed by atoms with Crippen molar-refractivity contribution in [3.8, 4) is 0 Å². The van der Waals surface area contributed by atoms with E-state index in [-0.39, 0.29) is 12.6 Å². The third-order valence-corrected chi connectivity index (χ3v) is 3.47. The van der Waals surface area contributed by atoms with Gasteiger partial charge >= 0.3 is 0 Å². The Balaban J connectivity index is 2.24. The van der Waals surface area contributed by atoms with Crippen LogP contribution in [0, 0.1) is 0 Å². The van der Waals surface area contributed by atoms with Gasteiger partial charge < -0.3 is 20.2 Å². The minimum atomic E-state index is 0.115. The Labute approximate surface area is 119 Å². The van der Waals surface area contributed by atoms with Gasteiger partial charge in [0.1, 0.15) is 18.2 Å². The molecule has 2 heterocycles. The first-order valence-electron chi connectivity index (χ1n) is 7.08. The number of ether oxygens (including phenoxy) is 1. The molecule has 7 nitrogen and oxygen atoms in total. The van der Waals surface area contributed by atoms with Gasteiger partial charge in [0.15, 0.2) is 5.82 Å². The van der Waals surface area contributed by atoms with E-state index < -0.39 is 0 Å². The molecular weight excluding hydrogens is 258 g/mol. The summed E-state index contributed by atoms with van der Waals surface area (Å²) in [4.78, 5) is 10.9. The second-order valence-electron chi connectivity index (χ2n) is 4.83. The standard InChI is InChI=1S/C13H23N5O2/c1-2-20-9-12-15-11(17-14)7-13(16-12)18-6-4-3-5-10(18)8-19/h7,10,19H,2-6,8-9,14H2,1H3,(H,15,16,17). The summed E-state index contributed by atoms with van der Waals surface area (Å²) in [5, 5.41) is 9.51. The average Bonchev–Trinajstić information content (AvgIpc) is 2.52. The number of rotatable bonds is 6. The molecule has 1 fully saturated rings. The number of piperidine rings is 1. The van der Waals surface area contributed by atoms with Crippen LogP contribution in [0.4, 0.5) is 11.6 Å². The Kier molecular flexibility index (Phi) is 5.51. The molecule has 0 bridgehead atoms. The predicted octanol–water partition coefficient (Wildman–Crippen LogP) is 0.650. The molecule has 0 aromatic carbocycles. The number of hydrogen-bond acceptors (Lipinski definition) is 7. The SMILES string of the molecule is CCOCc1nc(NN)cc(N2CCCCC2CO)n1. The van der Waals surface area contributed by atoms with Crippen molar-refractivity contribution in [3.63, 3.8) is 0 Å². The minimum Gasteiger partial charge on any atom is -0.394 e. The van der Waals surface area contributed by atoms with Crippen molar-refractivity contribution in [1.82, 2.24) is 9.97 Å². The van der Waals surface area contributed by atoms with E-state index in [4.69, 9.17) is 10.6 Å². The predicted molar refractivity (Wildman–Crippen MR) is 77.2 cm³/mol. The molecule has 1 aromatic rings. The molecule has 0 amide bonds. The molecule has 0 saturated carbocycles. The number of nitrogens with two attached hydrogens (primary N) is 1. The van der Waals surface area contributed by atoms with E-state index in [1.165, 1.54) is 0 Å². The maximum Gasteiger partial charge on any atom is 0.158 e. The monoisotopic (exact) mass is 281 g/mol. The van der Waals surface area contributed by atoms with Gasteiger partial charge in [0.2, 0.25) is 0 Å². The van der Waals surface area contributed by atoms with E-state index in [0.717, 1.165) is 31.6 Å². The summed E-state index contributed by atoms with van der Waals surface area (Å²) >= 11 is 0. The van der Waals surface area contributed by atoms with E-state index in [9.17, 15) is 5.11 Å². The number of aliphatic hydroxyl groups excluding tert-OH is 1. The highest BCUT2D eigenvalue weighted by Crippen LogP contribution is 2.24. The van der Waals surface area contributed by atoms with Crippen LogP contribution in [-0.2, 0) is 11.3 Å². The van der Waals surface area contributed by atoms with Gasteiger partial charge in [-0.25, -0.2) is 15.8 Å². The molecule has 20 heavy (non-hydrogen) atoms. The number of aromatic nitrogens is 2. The van der Waals surface area contributed by atoms with Crippen LogP contribution in [0.2, 0.25) is 0 Å². The van der Waals surface area contributed by atoms with Gasteiger partial charge in [0.05, 0.1) is 12.6 Å². The Morgan fingerprint density at radius 3 is 3.05 bits per heavy atom. The smallest absolute Gasteiger partial charge is 0.158 e. The fourth-order valence-corrected chi connectivity index (χ4v) is 2.45. The van der Waals surface area contributed by atoms with E-state index in [1.807, 2.05) is 13.0 Å². The highest BCUT2D eigenvalue weighted by atomic mass is 16.5. The molecule has 0 aliphatic carbocycles. The fourth-order valence-electron chi connectivity index (χ4n) is 2.45. The van der Waals surface area contributed by atoms with Crippen molar-refractivity contribution in [2.75, 3.05) is 30.1 Å². The molecular formula is C13H23N5O2. The third-order valence-electron chi connectivity index (χ3n) is 3.47. The second kappa shape index (κ2) is 7.37. The fraction of sp³-hybridized carbons (Fsp3) is 0.692. The summed E-state index contributed by atoms with van der Waals surface area (Å²) in [6, 6.07) is 1.92. The Hall–Kier alpha value is -1.44. The van der Waals surface area contributed by atoms with Crippen LogP contribution in [0.25, 0.3) is 0 Å². The first kappa shape index (κ1) is 15.0. The zero-order valence-corrected chi connectivity index (χ0v) is 11.9. The van der Waals surface area contributed by atoms with Crippen LogP contribution >= 0.6 is 0 Å². The molecule has 1 aliphatic heterocycles. The zero-order chi connectivity index (χ0) is 14.4. The summed E-state index contributed by atoms with van der Waals surface area (Å²) < 4.78 is 5.35. The van der Waals surface area contributed by atoms with E-state index in [0.29, 0.717) is 24.9 Å². The van der Waals surface area contributed by atoms with Crippen molar-refractivity contribution >= 4 is 11.6 Å². The number of nitrogens with one attached hydrogen (secondary N) is 1. The molecule has 4 N–H and O–H groups in total. The van der Waals surface area contributed by atoms with Crippen LogP contribution in [-0.4, -0.2) is 40.9 Å². The lowest BCUT2D eigenvalue weighted by Gasteiger charge is -2.35. The highest BCUT2D eigenvalue weighted by Gasteiger charge is 2.23. The summed E-state index contributed by atoms with van der Waals surface area (Å²) in [5.74, 6) is 7.42. The van der Waals surface area contributed by atoms with Crippen LogP contribution in [0.15, 0.2) is 6.07 Å². The van der Waals surface area contributed by atoms with E-state index in [2.05, 4.69) is 20.3 Å².